The van der Waals surface area contributed by atoms with E-state index in [9.17, 15) is 13.2 Å². The van der Waals surface area contributed by atoms with Crippen LogP contribution in [0.15, 0.2) is 30.3 Å². The van der Waals surface area contributed by atoms with Gasteiger partial charge in [-0.25, -0.2) is 18.4 Å². The third-order valence-corrected chi connectivity index (χ3v) is 6.15. The molecule has 0 bridgehead atoms. The predicted octanol–water partition coefficient (Wildman–Crippen LogP) is 1.66. The highest BCUT2D eigenvalue weighted by atomic mass is 32.2. The Labute approximate surface area is 157 Å². The third kappa shape index (κ3) is 4.41. The predicted molar refractivity (Wildman–Crippen MR) is 100 cm³/mol. The molecule has 1 saturated heterocycles. The molecule has 0 saturated carbocycles. The zero-order valence-corrected chi connectivity index (χ0v) is 15.8. The Bertz CT molecular complexity index is 1030. The van der Waals surface area contributed by atoms with Crippen molar-refractivity contribution in [3.8, 4) is 6.07 Å². The SMILES string of the molecule is Cc1nc(Nc2cccc(C#N)c2)cc(C(=O)N(C)C2CCS(=O)(=O)C2)n1. The van der Waals surface area contributed by atoms with Crippen molar-refractivity contribution in [1.29, 1.82) is 5.26 Å². The van der Waals surface area contributed by atoms with E-state index in [-0.39, 0.29) is 29.1 Å². The van der Waals surface area contributed by atoms with Crippen molar-refractivity contribution in [1.82, 2.24) is 14.9 Å². The molecule has 8 nitrogen and oxygen atoms in total. The van der Waals surface area contributed by atoms with Gasteiger partial charge < -0.3 is 10.2 Å². The molecule has 1 aromatic heterocycles. The topological polar surface area (TPSA) is 116 Å². The zero-order valence-electron chi connectivity index (χ0n) is 15.0. The van der Waals surface area contributed by atoms with Crippen LogP contribution in [0.4, 0.5) is 11.5 Å². The number of anilines is 2. The summed E-state index contributed by atoms with van der Waals surface area (Å²) in [5, 5.41) is 12.1. The maximum Gasteiger partial charge on any atom is 0.272 e. The molecule has 1 amide bonds. The molecule has 1 aromatic carbocycles. The van der Waals surface area contributed by atoms with E-state index in [2.05, 4.69) is 21.4 Å². The summed E-state index contributed by atoms with van der Waals surface area (Å²) in [5.74, 6) is 0.558. The number of nitrogens with zero attached hydrogens (tertiary/aromatic N) is 4. The monoisotopic (exact) mass is 385 g/mol. The summed E-state index contributed by atoms with van der Waals surface area (Å²) in [6, 6.07) is 10.1. The number of rotatable bonds is 4. The van der Waals surface area contributed by atoms with Crippen LogP contribution in [-0.2, 0) is 9.84 Å². The second-order valence-corrected chi connectivity index (χ2v) is 8.70. The fraction of sp³-hybridized carbons (Fsp3) is 0.333. The lowest BCUT2D eigenvalue weighted by Crippen LogP contribution is -2.38. The van der Waals surface area contributed by atoms with Gasteiger partial charge >= 0.3 is 0 Å². The zero-order chi connectivity index (χ0) is 19.6. The minimum atomic E-state index is -3.09. The maximum absolute atomic E-state index is 12.8. The highest BCUT2D eigenvalue weighted by molar-refractivity contribution is 7.91. The van der Waals surface area contributed by atoms with Crippen LogP contribution in [0.3, 0.4) is 0 Å². The molecule has 140 valence electrons. The second-order valence-electron chi connectivity index (χ2n) is 6.48. The first-order valence-corrected chi connectivity index (χ1v) is 10.2. The van der Waals surface area contributed by atoms with Gasteiger partial charge in [0, 0.05) is 24.8 Å². The van der Waals surface area contributed by atoms with Crippen LogP contribution in [0, 0.1) is 18.3 Å². The summed E-state index contributed by atoms with van der Waals surface area (Å²) in [4.78, 5) is 22.7. The van der Waals surface area contributed by atoms with Crippen molar-refractivity contribution >= 4 is 27.2 Å². The van der Waals surface area contributed by atoms with Gasteiger partial charge in [0.15, 0.2) is 9.84 Å². The number of amides is 1. The average Bonchev–Trinajstić information content (AvgIpc) is 3.00. The Hall–Kier alpha value is -2.99. The Kier molecular flexibility index (Phi) is 5.10. The number of aryl methyl sites for hydroxylation is 1. The van der Waals surface area contributed by atoms with E-state index in [4.69, 9.17) is 5.26 Å². The minimum Gasteiger partial charge on any atom is -0.340 e. The summed E-state index contributed by atoms with van der Waals surface area (Å²) in [7, 11) is -1.49. The average molecular weight is 385 g/mol. The van der Waals surface area contributed by atoms with Crippen molar-refractivity contribution < 1.29 is 13.2 Å². The molecular weight excluding hydrogens is 366 g/mol. The molecule has 0 radical (unpaired) electrons. The second kappa shape index (κ2) is 7.32. The molecule has 1 aliphatic rings. The van der Waals surface area contributed by atoms with Gasteiger partial charge in [0.25, 0.3) is 5.91 Å². The lowest BCUT2D eigenvalue weighted by atomic mass is 10.2. The number of nitrogens with one attached hydrogen (secondary N) is 1. The van der Waals surface area contributed by atoms with Gasteiger partial charge in [-0.1, -0.05) is 6.07 Å². The first-order chi connectivity index (χ1) is 12.8. The maximum atomic E-state index is 12.8. The molecule has 0 aliphatic carbocycles. The highest BCUT2D eigenvalue weighted by Gasteiger charge is 2.33. The van der Waals surface area contributed by atoms with E-state index in [1.54, 1.807) is 38.2 Å². The summed E-state index contributed by atoms with van der Waals surface area (Å²) < 4.78 is 23.3. The number of benzene rings is 1. The lowest BCUT2D eigenvalue weighted by molar-refractivity contribution is 0.0741. The Morgan fingerprint density at radius 1 is 1.33 bits per heavy atom. The van der Waals surface area contributed by atoms with Gasteiger partial charge in [-0.2, -0.15) is 5.26 Å². The van der Waals surface area contributed by atoms with E-state index in [1.165, 1.54) is 11.0 Å². The summed E-state index contributed by atoms with van der Waals surface area (Å²) >= 11 is 0. The highest BCUT2D eigenvalue weighted by Crippen LogP contribution is 2.20. The van der Waals surface area contributed by atoms with Crippen molar-refractivity contribution in [2.45, 2.75) is 19.4 Å². The summed E-state index contributed by atoms with van der Waals surface area (Å²) in [5.41, 5.74) is 1.36. The number of aromatic nitrogens is 2. The van der Waals surface area contributed by atoms with Gasteiger partial charge in [0.2, 0.25) is 0 Å². The van der Waals surface area contributed by atoms with E-state index in [1.807, 2.05) is 0 Å². The molecule has 1 atom stereocenters. The standard InChI is InChI=1S/C18H19N5O3S/c1-12-20-16(18(24)23(2)15-6-7-27(25,26)11-15)9-17(21-12)22-14-5-3-4-13(8-14)10-19/h3-5,8-9,15H,6-7,11H2,1-2H3,(H,20,21,22). The first kappa shape index (κ1) is 18.8. The molecule has 1 unspecified atom stereocenters. The number of hydrogen-bond donors (Lipinski definition) is 1. The molecule has 27 heavy (non-hydrogen) atoms. The number of carbonyl (C=O) groups excluding carboxylic acids is 1. The van der Waals surface area contributed by atoms with Crippen LogP contribution >= 0.6 is 0 Å². The Morgan fingerprint density at radius 2 is 2.11 bits per heavy atom. The van der Waals surface area contributed by atoms with Gasteiger partial charge in [0.1, 0.15) is 17.3 Å². The van der Waals surface area contributed by atoms with E-state index in [0.717, 1.165) is 0 Å². The largest absolute Gasteiger partial charge is 0.340 e. The van der Waals surface area contributed by atoms with Crippen LogP contribution in [-0.4, -0.2) is 53.8 Å². The van der Waals surface area contributed by atoms with Gasteiger partial charge in [-0.3, -0.25) is 4.79 Å². The quantitative estimate of drug-likeness (QED) is 0.851. The van der Waals surface area contributed by atoms with E-state index >= 15 is 0 Å². The van der Waals surface area contributed by atoms with E-state index < -0.39 is 9.84 Å². The normalized spacial score (nSPS) is 17.9. The molecule has 1 fully saturated rings. The number of hydrogen-bond acceptors (Lipinski definition) is 7. The van der Waals surface area contributed by atoms with Crippen LogP contribution in [0.1, 0.15) is 28.3 Å². The Balaban J connectivity index is 1.82. The first-order valence-electron chi connectivity index (χ1n) is 8.38. The minimum absolute atomic E-state index is 0.0225. The van der Waals surface area contributed by atoms with Crippen LogP contribution in [0.2, 0.25) is 0 Å². The number of nitriles is 1. The fourth-order valence-corrected chi connectivity index (χ4v) is 4.76. The van der Waals surface area contributed by atoms with E-state index in [0.29, 0.717) is 29.3 Å². The van der Waals surface area contributed by atoms with Crippen molar-refractivity contribution in [3.05, 3.63) is 47.4 Å². The molecule has 9 heteroatoms. The summed E-state index contributed by atoms with van der Waals surface area (Å²) in [6.45, 7) is 1.67. The van der Waals surface area contributed by atoms with Gasteiger partial charge in [-0.05, 0) is 31.5 Å². The van der Waals surface area contributed by atoms with Crippen molar-refractivity contribution in [3.63, 3.8) is 0 Å². The molecule has 1 aliphatic heterocycles. The van der Waals surface area contributed by atoms with Crippen LogP contribution in [0.25, 0.3) is 0 Å². The van der Waals surface area contributed by atoms with Crippen LogP contribution < -0.4 is 5.32 Å². The molecule has 0 spiro atoms. The van der Waals surface area contributed by atoms with Crippen molar-refractivity contribution in [2.24, 2.45) is 0 Å². The Morgan fingerprint density at radius 3 is 2.78 bits per heavy atom. The molecule has 3 rings (SSSR count). The fourth-order valence-electron chi connectivity index (χ4n) is 2.98. The van der Waals surface area contributed by atoms with Crippen LogP contribution in [0.5, 0.6) is 0 Å². The third-order valence-electron chi connectivity index (χ3n) is 4.40. The number of carbonyl (C=O) groups is 1. The molecule has 2 heterocycles. The van der Waals surface area contributed by atoms with Crippen molar-refractivity contribution in [2.75, 3.05) is 23.9 Å². The van der Waals surface area contributed by atoms with Gasteiger partial charge in [-0.15, -0.1) is 0 Å². The number of sulfone groups is 1. The van der Waals surface area contributed by atoms with Gasteiger partial charge in [0.05, 0.1) is 23.1 Å². The lowest BCUT2D eigenvalue weighted by Gasteiger charge is -2.23. The molecule has 1 N–H and O–H groups in total. The smallest absolute Gasteiger partial charge is 0.272 e. The molecule has 2 aromatic rings. The summed E-state index contributed by atoms with van der Waals surface area (Å²) in [6.07, 6.45) is 0.431. The molecular formula is C18H19N5O3S.